The van der Waals surface area contributed by atoms with Crippen LogP contribution in [-0.4, -0.2) is 50.5 Å². The third kappa shape index (κ3) is 4.18. The number of hydrazone groups is 1. The second-order valence-electron chi connectivity index (χ2n) is 5.79. The van der Waals surface area contributed by atoms with Crippen LogP contribution in [-0.2, 0) is 10.0 Å². The van der Waals surface area contributed by atoms with Crippen LogP contribution < -0.4 is 10.7 Å². The van der Waals surface area contributed by atoms with Crippen molar-refractivity contribution < 1.29 is 13.2 Å². The van der Waals surface area contributed by atoms with E-state index in [2.05, 4.69) is 15.8 Å². The molecule has 1 saturated heterocycles. The van der Waals surface area contributed by atoms with Crippen molar-refractivity contribution in [3.8, 4) is 0 Å². The van der Waals surface area contributed by atoms with Gasteiger partial charge in [0.1, 0.15) is 0 Å². The highest BCUT2D eigenvalue weighted by molar-refractivity contribution is 7.89. The Morgan fingerprint density at radius 3 is 2.50 bits per heavy atom. The highest BCUT2D eigenvalue weighted by Gasteiger charge is 2.25. The van der Waals surface area contributed by atoms with Gasteiger partial charge in [0.25, 0.3) is 5.91 Å². The van der Waals surface area contributed by atoms with Crippen LogP contribution in [0, 0.1) is 0 Å². The monoisotopic (exact) mass is 392 g/mol. The van der Waals surface area contributed by atoms with Crippen molar-refractivity contribution in [2.45, 2.75) is 11.8 Å². The number of hydrogen-bond donors (Lipinski definition) is 2. The van der Waals surface area contributed by atoms with Crippen LogP contribution in [0.2, 0.25) is 0 Å². The molecule has 0 unspecified atom stereocenters. The molecule has 1 aromatic heterocycles. The van der Waals surface area contributed by atoms with Gasteiger partial charge in [0.05, 0.1) is 15.5 Å². The predicted octanol–water partition coefficient (Wildman–Crippen LogP) is 1.50. The Hall–Kier alpha value is -2.07. The summed E-state index contributed by atoms with van der Waals surface area (Å²) in [6.07, 6.45) is 0. The van der Waals surface area contributed by atoms with Gasteiger partial charge in [-0.3, -0.25) is 4.79 Å². The van der Waals surface area contributed by atoms with E-state index in [9.17, 15) is 13.2 Å². The number of thiophene rings is 1. The molecular weight excluding hydrogens is 372 g/mol. The number of piperazine rings is 1. The number of carbonyl (C=O) groups is 1. The number of rotatable bonds is 5. The Bertz CT molecular complexity index is 885. The van der Waals surface area contributed by atoms with Gasteiger partial charge in [-0.1, -0.05) is 18.2 Å². The summed E-state index contributed by atoms with van der Waals surface area (Å²) < 4.78 is 26.7. The summed E-state index contributed by atoms with van der Waals surface area (Å²) in [6.45, 7) is 4.02. The molecule has 2 heterocycles. The molecule has 0 aliphatic carbocycles. The summed E-state index contributed by atoms with van der Waals surface area (Å²) in [7, 11) is -3.47. The Kier molecular flexibility index (Phi) is 5.82. The number of hydrogen-bond acceptors (Lipinski definition) is 6. The molecule has 7 nitrogen and oxygen atoms in total. The Morgan fingerprint density at radius 1 is 1.19 bits per heavy atom. The second kappa shape index (κ2) is 8.09. The molecule has 1 aromatic carbocycles. The van der Waals surface area contributed by atoms with E-state index in [1.165, 1.54) is 15.6 Å². The maximum Gasteiger partial charge on any atom is 0.281 e. The average Bonchev–Trinajstić information content (AvgIpc) is 3.21. The SMILES string of the molecule is C/C(=N/NC(=O)c1cccs1)c1ccc(S(=O)(=O)N2CCNCC2)cc1. The standard InChI is InChI=1S/C17H20N4O3S2/c1-13(19-20-17(22)16-3-2-12-25-16)14-4-6-15(7-5-14)26(23,24)21-10-8-18-9-11-21/h2-7,12,18H,8-11H2,1H3,(H,20,22)/b19-13-. The van der Waals surface area contributed by atoms with Gasteiger partial charge >= 0.3 is 0 Å². The molecule has 2 aromatic rings. The van der Waals surface area contributed by atoms with Crippen molar-refractivity contribution >= 4 is 33.0 Å². The van der Waals surface area contributed by atoms with Gasteiger partial charge in [-0.15, -0.1) is 11.3 Å². The molecule has 2 N–H and O–H groups in total. The minimum Gasteiger partial charge on any atom is -0.314 e. The van der Waals surface area contributed by atoms with Gasteiger partial charge in [-0.2, -0.15) is 9.41 Å². The summed E-state index contributed by atoms with van der Waals surface area (Å²) in [5.74, 6) is -0.266. The lowest BCUT2D eigenvalue weighted by molar-refractivity contribution is 0.0959. The Labute approximate surface area is 156 Å². The minimum absolute atomic E-state index is 0.263. The number of amides is 1. The molecule has 0 atom stereocenters. The van der Waals surface area contributed by atoms with Crippen molar-refractivity contribution in [3.05, 3.63) is 52.2 Å². The molecule has 0 saturated carbocycles. The zero-order chi connectivity index (χ0) is 18.6. The molecule has 1 amide bonds. The molecular formula is C17H20N4O3S2. The van der Waals surface area contributed by atoms with Crippen LogP contribution >= 0.6 is 11.3 Å². The third-order valence-electron chi connectivity index (χ3n) is 4.06. The Morgan fingerprint density at radius 2 is 1.88 bits per heavy atom. The van der Waals surface area contributed by atoms with E-state index in [0.29, 0.717) is 36.8 Å². The van der Waals surface area contributed by atoms with Crippen molar-refractivity contribution in [1.29, 1.82) is 0 Å². The zero-order valence-corrected chi connectivity index (χ0v) is 15.9. The highest BCUT2D eigenvalue weighted by atomic mass is 32.2. The van der Waals surface area contributed by atoms with E-state index in [1.54, 1.807) is 43.3 Å². The quantitative estimate of drug-likeness (QED) is 0.596. The molecule has 1 fully saturated rings. The third-order valence-corrected chi connectivity index (χ3v) is 6.84. The zero-order valence-electron chi connectivity index (χ0n) is 14.3. The molecule has 0 bridgehead atoms. The molecule has 138 valence electrons. The van der Waals surface area contributed by atoms with Crippen LogP contribution in [0.15, 0.2) is 51.8 Å². The smallest absolute Gasteiger partial charge is 0.281 e. The first-order chi connectivity index (χ1) is 12.5. The summed E-state index contributed by atoms with van der Waals surface area (Å²) in [5.41, 5.74) is 3.85. The van der Waals surface area contributed by atoms with Gasteiger partial charge in [-0.25, -0.2) is 13.8 Å². The maximum atomic E-state index is 12.6. The van der Waals surface area contributed by atoms with E-state index in [-0.39, 0.29) is 10.8 Å². The average molecular weight is 393 g/mol. The summed E-state index contributed by atoms with van der Waals surface area (Å²) in [5, 5.41) is 9.05. The number of nitrogens with one attached hydrogen (secondary N) is 2. The van der Waals surface area contributed by atoms with Gasteiger partial charge < -0.3 is 5.32 Å². The van der Waals surface area contributed by atoms with E-state index in [4.69, 9.17) is 0 Å². The molecule has 1 aliphatic heterocycles. The van der Waals surface area contributed by atoms with Gasteiger partial charge in [0.2, 0.25) is 10.0 Å². The summed E-state index contributed by atoms with van der Waals surface area (Å²) >= 11 is 1.34. The van der Waals surface area contributed by atoms with Crippen molar-refractivity contribution in [2.75, 3.05) is 26.2 Å². The first-order valence-corrected chi connectivity index (χ1v) is 10.5. The second-order valence-corrected chi connectivity index (χ2v) is 8.68. The highest BCUT2D eigenvalue weighted by Crippen LogP contribution is 2.17. The largest absolute Gasteiger partial charge is 0.314 e. The topological polar surface area (TPSA) is 90.9 Å². The van der Waals surface area contributed by atoms with Crippen LogP contribution in [0.4, 0.5) is 0 Å². The van der Waals surface area contributed by atoms with Crippen molar-refractivity contribution in [3.63, 3.8) is 0 Å². The maximum absolute atomic E-state index is 12.6. The molecule has 26 heavy (non-hydrogen) atoms. The first-order valence-electron chi connectivity index (χ1n) is 8.18. The molecule has 0 spiro atoms. The molecule has 9 heteroatoms. The lowest BCUT2D eigenvalue weighted by Crippen LogP contribution is -2.46. The van der Waals surface area contributed by atoms with Gasteiger partial charge in [-0.05, 0) is 36.1 Å². The van der Waals surface area contributed by atoms with E-state index < -0.39 is 10.0 Å². The van der Waals surface area contributed by atoms with Crippen LogP contribution in [0.5, 0.6) is 0 Å². The van der Waals surface area contributed by atoms with Gasteiger partial charge in [0, 0.05) is 26.2 Å². The normalized spacial score (nSPS) is 16.4. The van der Waals surface area contributed by atoms with Crippen LogP contribution in [0.1, 0.15) is 22.2 Å². The summed E-state index contributed by atoms with van der Waals surface area (Å²) in [6, 6.07) is 10.1. The van der Waals surface area contributed by atoms with Crippen molar-refractivity contribution in [1.82, 2.24) is 15.0 Å². The molecule has 0 radical (unpaired) electrons. The van der Waals surface area contributed by atoms with Crippen molar-refractivity contribution in [2.24, 2.45) is 5.10 Å². The lowest BCUT2D eigenvalue weighted by atomic mass is 10.1. The fraction of sp³-hybridized carbons (Fsp3) is 0.294. The predicted molar refractivity (Wildman–Crippen MR) is 102 cm³/mol. The fourth-order valence-corrected chi connectivity index (χ4v) is 4.62. The number of benzene rings is 1. The fourth-order valence-electron chi connectivity index (χ4n) is 2.56. The Balaban J connectivity index is 1.70. The number of carbonyl (C=O) groups excluding carboxylic acids is 1. The minimum atomic E-state index is -3.47. The van der Waals surface area contributed by atoms with E-state index in [1.807, 2.05) is 5.38 Å². The van der Waals surface area contributed by atoms with Crippen LogP contribution in [0.25, 0.3) is 0 Å². The number of nitrogens with zero attached hydrogens (tertiary/aromatic N) is 2. The number of sulfonamides is 1. The lowest BCUT2D eigenvalue weighted by Gasteiger charge is -2.26. The van der Waals surface area contributed by atoms with Crippen LogP contribution in [0.3, 0.4) is 0 Å². The summed E-state index contributed by atoms with van der Waals surface area (Å²) in [4.78, 5) is 12.7. The first kappa shape index (κ1) is 18.7. The van der Waals surface area contributed by atoms with Gasteiger partial charge in [0.15, 0.2) is 0 Å². The van der Waals surface area contributed by atoms with E-state index >= 15 is 0 Å². The molecule has 3 rings (SSSR count). The molecule has 1 aliphatic rings. The van der Waals surface area contributed by atoms with E-state index in [0.717, 1.165) is 5.56 Å².